The second-order valence-corrected chi connectivity index (χ2v) is 23.2. The zero-order valence-corrected chi connectivity index (χ0v) is 30.7. The van der Waals surface area contributed by atoms with Gasteiger partial charge in [0.15, 0.2) is 0 Å². The number of carbonyl (C=O) groups excluding carboxylic acids is 6. The van der Waals surface area contributed by atoms with E-state index in [1.165, 1.54) is 0 Å². The van der Waals surface area contributed by atoms with Crippen LogP contribution in [0, 0.1) is 66.7 Å². The molecule has 0 saturated heterocycles. The summed E-state index contributed by atoms with van der Waals surface area (Å²) in [6.07, 6.45) is -0.424. The third-order valence-electron chi connectivity index (χ3n) is 7.43. The Morgan fingerprint density at radius 3 is 0.675 bits per heavy atom. The molecule has 0 aromatic rings. The van der Waals surface area contributed by atoms with Gasteiger partial charge in [-0.2, -0.15) is 0 Å². The van der Waals surface area contributed by atoms with Crippen LogP contribution in [0.3, 0.4) is 0 Å². The quantitative estimate of drug-likeness (QED) is 0.163. The molecule has 0 bridgehead atoms. The van der Waals surface area contributed by atoms with E-state index in [0.29, 0.717) is 6.41 Å². The van der Waals surface area contributed by atoms with Crippen LogP contribution in [0.15, 0.2) is 0 Å². The maximum atomic E-state index is 13.4. The SMILES string of the molecule is CC(C)(C)C(=O)CC(=O)C(C)(C)[CH2][Sm]([CH2]C(C)(C)C(=O)CC(=O)C(C)(C)C)[CH2]C(C)(C)C(=O)CC(=O)C(C)(C)C. The van der Waals surface area contributed by atoms with Gasteiger partial charge in [-0.25, -0.2) is 0 Å². The number of hydrogen-bond acceptors (Lipinski definition) is 6. The van der Waals surface area contributed by atoms with E-state index in [1.54, 1.807) is 62.3 Å². The van der Waals surface area contributed by atoms with Gasteiger partial charge in [-0.05, 0) is 0 Å². The van der Waals surface area contributed by atoms with Crippen molar-refractivity contribution in [2.24, 2.45) is 32.5 Å². The summed E-state index contributed by atoms with van der Waals surface area (Å²) in [5, 5.41) is 0. The van der Waals surface area contributed by atoms with E-state index < -0.39 is 66.7 Å². The average molecular weight is 700 g/mol. The van der Waals surface area contributed by atoms with Crippen molar-refractivity contribution in [3.63, 3.8) is 0 Å². The van der Waals surface area contributed by atoms with E-state index in [4.69, 9.17) is 0 Å². The Morgan fingerprint density at radius 2 is 0.525 bits per heavy atom. The second kappa shape index (κ2) is 13.8. The Balaban J connectivity index is 6.21. The van der Waals surface area contributed by atoms with Gasteiger partial charge < -0.3 is 0 Å². The van der Waals surface area contributed by atoms with Gasteiger partial charge in [0.1, 0.15) is 0 Å². The summed E-state index contributed by atoms with van der Waals surface area (Å²) in [6, 6.07) is 0. The summed E-state index contributed by atoms with van der Waals surface area (Å²) in [5.74, 6) is -0.689. The van der Waals surface area contributed by atoms with Crippen LogP contribution in [0.4, 0.5) is 0 Å². The van der Waals surface area contributed by atoms with Crippen molar-refractivity contribution in [3.8, 4) is 0 Å². The molecule has 0 aromatic carbocycles. The Kier molecular flexibility index (Phi) is 13.5. The molecular weight excluding hydrogens is 643 g/mol. The Hall–Kier alpha value is -0.642. The van der Waals surface area contributed by atoms with Crippen molar-refractivity contribution < 1.29 is 63.0 Å². The van der Waals surface area contributed by atoms with Gasteiger partial charge in [0, 0.05) is 0 Å². The fourth-order valence-electron chi connectivity index (χ4n) is 3.88. The van der Waals surface area contributed by atoms with Crippen molar-refractivity contribution in [1.29, 1.82) is 0 Å². The number of rotatable bonds is 15. The summed E-state index contributed by atoms with van der Waals surface area (Å²) in [4.78, 5) is 78.0. The van der Waals surface area contributed by atoms with Crippen LogP contribution in [0.5, 0.6) is 0 Å². The first kappa shape index (κ1) is 39.4. The Labute approximate surface area is 257 Å². The molecule has 6 nitrogen and oxygen atoms in total. The van der Waals surface area contributed by atoms with Gasteiger partial charge in [0.25, 0.3) is 0 Å². The number of Topliss-reactive ketones (excluding diaryl/α,β-unsaturated/α-hetero) is 6. The van der Waals surface area contributed by atoms with Crippen LogP contribution < -0.4 is 0 Å². The topological polar surface area (TPSA) is 102 Å². The molecule has 0 aromatic heterocycles. The third kappa shape index (κ3) is 12.7. The molecule has 0 N–H and O–H groups in total. The van der Waals surface area contributed by atoms with Crippen LogP contribution in [-0.4, -0.2) is 34.7 Å². The van der Waals surface area contributed by atoms with E-state index >= 15 is 0 Å². The van der Waals surface area contributed by atoms with Crippen LogP contribution in [0.25, 0.3) is 0 Å². The molecule has 0 atom stereocenters. The molecular formula is C33H57O6Sm. The molecule has 40 heavy (non-hydrogen) atoms. The van der Waals surface area contributed by atoms with Crippen molar-refractivity contribution >= 4 is 34.7 Å². The molecule has 231 valence electrons. The minimum atomic E-state index is -2.75. The molecule has 0 fully saturated rings. The normalized spacial score (nSPS) is 13.8. The van der Waals surface area contributed by atoms with Gasteiger partial charge in [0.2, 0.25) is 0 Å². The summed E-state index contributed by atoms with van der Waals surface area (Å²) in [6.45, 7) is 27.4. The van der Waals surface area contributed by atoms with Gasteiger partial charge >= 0.3 is 260 Å². The molecule has 0 spiro atoms. The Morgan fingerprint density at radius 1 is 0.350 bits per heavy atom. The van der Waals surface area contributed by atoms with E-state index in [-0.39, 0.29) is 54.0 Å². The van der Waals surface area contributed by atoms with Crippen LogP contribution in [0.1, 0.15) is 123 Å². The monoisotopic (exact) mass is 701 g/mol. The predicted octanol–water partition coefficient (Wildman–Crippen LogP) is 7.66. The predicted molar refractivity (Wildman–Crippen MR) is 158 cm³/mol. The van der Waals surface area contributed by atoms with Gasteiger partial charge in [0.05, 0.1) is 0 Å². The first-order valence-electron chi connectivity index (χ1n) is 14.3. The van der Waals surface area contributed by atoms with E-state index in [2.05, 4.69) is 0 Å². The van der Waals surface area contributed by atoms with Crippen molar-refractivity contribution in [2.75, 3.05) is 0 Å². The zero-order valence-electron chi connectivity index (χ0n) is 28.1. The number of hydrogen-bond donors (Lipinski definition) is 0. The summed E-state index contributed by atoms with van der Waals surface area (Å²) < 4.78 is 1.70. The molecule has 0 aliphatic heterocycles. The molecule has 0 heterocycles. The van der Waals surface area contributed by atoms with Crippen LogP contribution in [-0.2, 0) is 28.8 Å². The second-order valence-electron chi connectivity index (χ2n) is 16.5. The molecule has 7 heteroatoms. The fraction of sp³-hybridized carbons (Fsp3) is 0.818. The van der Waals surface area contributed by atoms with Crippen molar-refractivity contribution in [1.82, 2.24) is 0 Å². The van der Waals surface area contributed by atoms with Gasteiger partial charge in [-0.3, -0.25) is 0 Å². The molecule has 0 unspecified atom stereocenters. The first-order chi connectivity index (χ1) is 17.4. The van der Waals surface area contributed by atoms with Gasteiger partial charge in [-0.15, -0.1) is 0 Å². The standard InChI is InChI=1S/3C11H19O2.Sm/c3*1-10(2,3)8(12)7-9(13)11(4,5)6;/h3*1,7H2,2-6H3;. The average Bonchev–Trinajstić information content (AvgIpc) is 2.70. The third-order valence-corrected chi connectivity index (χ3v) is 18.3. The first-order valence-corrected chi connectivity index (χ1v) is 19.8. The fourth-order valence-corrected chi connectivity index (χ4v) is 16.2. The minimum absolute atomic E-state index is 0.108. The van der Waals surface area contributed by atoms with Crippen LogP contribution >= 0.6 is 0 Å². The number of carbonyl (C=O) groups is 6. The van der Waals surface area contributed by atoms with E-state index in [9.17, 15) is 28.8 Å². The van der Waals surface area contributed by atoms with E-state index in [0.717, 1.165) is 0 Å². The van der Waals surface area contributed by atoms with Gasteiger partial charge in [-0.1, -0.05) is 0 Å². The molecule has 0 radical (unpaired) electrons. The molecule has 0 amide bonds. The van der Waals surface area contributed by atoms with Crippen molar-refractivity contribution in [2.45, 2.75) is 130 Å². The molecule has 0 rings (SSSR count). The van der Waals surface area contributed by atoms with E-state index in [1.807, 2.05) is 41.5 Å². The number of ketones is 6. The summed E-state index contributed by atoms with van der Waals surface area (Å²) >= 11 is -2.75. The van der Waals surface area contributed by atoms with Crippen molar-refractivity contribution in [3.05, 3.63) is 0 Å². The Bertz CT molecular complexity index is 865. The molecule has 0 saturated carbocycles. The summed E-state index contributed by atoms with van der Waals surface area (Å²) in [5.41, 5.74) is -4.19. The maximum absolute atomic E-state index is 13.4. The summed E-state index contributed by atoms with van der Waals surface area (Å²) in [7, 11) is 0. The molecule has 0 aliphatic rings. The van der Waals surface area contributed by atoms with Crippen LogP contribution in [0.2, 0.25) is 6.41 Å². The zero-order chi connectivity index (χ0) is 32.3. The molecule has 0 aliphatic carbocycles.